The first kappa shape index (κ1) is 23.8. The van der Waals surface area contributed by atoms with Crippen molar-refractivity contribution in [2.24, 2.45) is 5.73 Å². The Morgan fingerprint density at radius 1 is 1.06 bits per heavy atom. The number of carbonyl (C=O) groups is 5. The molecule has 1 aromatic rings. The molecule has 3 amide bonds. The summed E-state index contributed by atoms with van der Waals surface area (Å²) in [4.78, 5) is 61.5. The largest absolute Gasteiger partial charge is 0.481 e. The summed E-state index contributed by atoms with van der Waals surface area (Å²) in [6, 6.07) is 5.54. The van der Waals surface area contributed by atoms with Gasteiger partial charge in [0.1, 0.15) is 12.6 Å². The number of amides is 3. The van der Waals surface area contributed by atoms with Crippen molar-refractivity contribution in [2.75, 3.05) is 32.7 Å². The molecular weight excluding hydrogens is 408 g/mol. The minimum absolute atomic E-state index is 0.0263. The van der Waals surface area contributed by atoms with Crippen LogP contribution in [-0.4, -0.2) is 88.4 Å². The Kier molecular flexibility index (Phi) is 8.50. The van der Waals surface area contributed by atoms with Gasteiger partial charge in [-0.25, -0.2) is 0 Å². The van der Waals surface area contributed by atoms with Crippen molar-refractivity contribution >= 4 is 29.7 Å². The number of nitrogens with two attached hydrogens (primary N) is 1. The highest BCUT2D eigenvalue weighted by Gasteiger charge is 2.39. The van der Waals surface area contributed by atoms with Crippen LogP contribution in [0.4, 0.5) is 0 Å². The molecule has 0 spiro atoms. The van der Waals surface area contributed by atoms with Gasteiger partial charge in [0.2, 0.25) is 11.8 Å². The van der Waals surface area contributed by atoms with Crippen LogP contribution in [0.15, 0.2) is 24.3 Å². The second-order valence-electron chi connectivity index (χ2n) is 7.13. The quantitative estimate of drug-likeness (QED) is 0.360. The molecule has 1 aliphatic heterocycles. The summed E-state index contributed by atoms with van der Waals surface area (Å²) in [5, 5.41) is 20.5. The van der Waals surface area contributed by atoms with Crippen LogP contribution in [0.25, 0.3) is 0 Å². The predicted octanol–water partition coefficient (Wildman–Crippen LogP) is -1.09. The number of carboxylic acid groups (broad SMARTS) is 2. The molecule has 0 saturated carbocycles. The van der Waals surface area contributed by atoms with E-state index in [-0.39, 0.29) is 13.1 Å². The van der Waals surface area contributed by atoms with Crippen molar-refractivity contribution in [3.05, 3.63) is 35.4 Å². The number of carbonyl (C=O) groups excluding carboxylic acids is 3. The summed E-state index contributed by atoms with van der Waals surface area (Å²) < 4.78 is 0. The zero-order valence-corrected chi connectivity index (χ0v) is 17.0. The molecule has 31 heavy (non-hydrogen) atoms. The molecule has 2 rings (SSSR count). The highest BCUT2D eigenvalue weighted by molar-refractivity contribution is 5.98. The molecule has 0 radical (unpaired) electrons. The predicted molar refractivity (Wildman–Crippen MR) is 108 cm³/mol. The summed E-state index contributed by atoms with van der Waals surface area (Å²) in [5.74, 6) is -4.38. The zero-order valence-electron chi connectivity index (χ0n) is 17.0. The maximum atomic E-state index is 12.6. The van der Waals surface area contributed by atoms with Crippen LogP contribution < -0.4 is 11.1 Å². The summed E-state index contributed by atoms with van der Waals surface area (Å²) in [6.45, 7) is -0.488. The molecule has 0 bridgehead atoms. The summed E-state index contributed by atoms with van der Waals surface area (Å²) in [5.41, 5.74) is 6.87. The molecule has 0 aliphatic carbocycles. The molecule has 1 saturated heterocycles. The van der Waals surface area contributed by atoms with Gasteiger partial charge in [-0.2, -0.15) is 0 Å². The summed E-state index contributed by atoms with van der Waals surface area (Å²) in [7, 11) is 0. The fraction of sp³-hybridized carbons (Fsp3) is 0.450. The van der Waals surface area contributed by atoms with Gasteiger partial charge in [0.05, 0.1) is 13.0 Å². The van der Waals surface area contributed by atoms with E-state index in [2.05, 4.69) is 5.32 Å². The van der Waals surface area contributed by atoms with Crippen molar-refractivity contribution in [1.29, 1.82) is 0 Å². The normalized spacial score (nSPS) is 16.2. The van der Waals surface area contributed by atoms with Gasteiger partial charge in [0.15, 0.2) is 0 Å². The number of aryl methyl sites for hydroxylation is 1. The average Bonchev–Trinajstić information content (AvgIpc) is 2.73. The number of benzene rings is 1. The van der Waals surface area contributed by atoms with Crippen molar-refractivity contribution in [3.8, 4) is 0 Å². The fourth-order valence-electron chi connectivity index (χ4n) is 3.31. The van der Waals surface area contributed by atoms with Crippen LogP contribution in [-0.2, 0) is 25.6 Å². The second kappa shape index (κ2) is 11.1. The molecule has 0 unspecified atom stereocenters. The van der Waals surface area contributed by atoms with Gasteiger partial charge in [0, 0.05) is 18.7 Å². The number of hydrogen-bond acceptors (Lipinski definition) is 6. The molecule has 11 heteroatoms. The Hall–Kier alpha value is -3.47. The molecular formula is C20H26N4O7. The van der Waals surface area contributed by atoms with Gasteiger partial charge in [-0.1, -0.05) is 12.1 Å². The molecule has 11 nitrogen and oxygen atoms in total. The first-order chi connectivity index (χ1) is 14.7. The third kappa shape index (κ3) is 6.78. The maximum absolute atomic E-state index is 12.6. The number of carboxylic acids is 2. The minimum atomic E-state index is -1.32. The Morgan fingerprint density at radius 2 is 1.74 bits per heavy atom. The average molecular weight is 434 g/mol. The van der Waals surface area contributed by atoms with Crippen molar-refractivity contribution < 1.29 is 34.2 Å². The minimum Gasteiger partial charge on any atom is -0.481 e. The Labute approximate surface area is 178 Å². The zero-order chi connectivity index (χ0) is 23.0. The van der Waals surface area contributed by atoms with Crippen LogP contribution >= 0.6 is 0 Å². The van der Waals surface area contributed by atoms with E-state index < -0.39 is 55.2 Å². The third-order valence-corrected chi connectivity index (χ3v) is 4.88. The Bertz CT molecular complexity index is 840. The Morgan fingerprint density at radius 3 is 2.32 bits per heavy atom. The SMILES string of the molecule is NCCCc1ccc(C(=O)NCC(=O)N2CCN(CC(=O)O)C(=O)[C@@H]2CC(=O)O)cc1. The van der Waals surface area contributed by atoms with E-state index in [0.717, 1.165) is 28.2 Å². The number of nitrogens with zero attached hydrogens (tertiary/aromatic N) is 2. The first-order valence-corrected chi connectivity index (χ1v) is 9.82. The molecule has 5 N–H and O–H groups in total. The number of hydrogen-bond donors (Lipinski definition) is 4. The Balaban J connectivity index is 1.99. The van der Waals surface area contributed by atoms with Crippen LogP contribution in [0.5, 0.6) is 0 Å². The van der Waals surface area contributed by atoms with Gasteiger partial charge in [-0.3, -0.25) is 24.0 Å². The molecule has 0 aromatic heterocycles. The van der Waals surface area contributed by atoms with E-state index in [1.54, 1.807) is 24.3 Å². The van der Waals surface area contributed by atoms with E-state index in [0.29, 0.717) is 12.1 Å². The number of piperazine rings is 1. The molecule has 1 aliphatic rings. The molecule has 168 valence electrons. The molecule has 1 heterocycles. The van der Waals surface area contributed by atoms with Crippen LogP contribution in [0.3, 0.4) is 0 Å². The number of rotatable bonds is 10. The van der Waals surface area contributed by atoms with E-state index in [1.807, 2.05) is 0 Å². The van der Waals surface area contributed by atoms with Gasteiger partial charge in [0.25, 0.3) is 5.91 Å². The lowest BCUT2D eigenvalue weighted by molar-refractivity contribution is -0.157. The number of nitrogens with one attached hydrogen (secondary N) is 1. The van der Waals surface area contributed by atoms with Crippen molar-refractivity contribution in [3.63, 3.8) is 0 Å². The second-order valence-corrected chi connectivity index (χ2v) is 7.13. The van der Waals surface area contributed by atoms with Gasteiger partial charge in [-0.05, 0) is 37.1 Å². The lowest BCUT2D eigenvalue weighted by Gasteiger charge is -2.39. The van der Waals surface area contributed by atoms with Crippen LogP contribution in [0.1, 0.15) is 28.8 Å². The fourth-order valence-corrected chi connectivity index (χ4v) is 3.31. The monoisotopic (exact) mass is 434 g/mol. The number of aliphatic carboxylic acids is 2. The lowest BCUT2D eigenvalue weighted by Crippen LogP contribution is -2.61. The van der Waals surface area contributed by atoms with E-state index in [9.17, 15) is 24.0 Å². The van der Waals surface area contributed by atoms with Gasteiger partial charge < -0.3 is 31.1 Å². The summed E-state index contributed by atoms with van der Waals surface area (Å²) in [6.07, 6.45) is 0.971. The van der Waals surface area contributed by atoms with Gasteiger partial charge >= 0.3 is 11.9 Å². The standard InChI is InChI=1S/C20H26N4O7/c21-7-1-2-13-3-5-14(6-4-13)19(30)22-11-16(25)24-9-8-23(12-18(28)29)20(31)15(24)10-17(26)27/h3-6,15H,1-2,7-12,21H2,(H,22,30)(H,26,27)(H,28,29)/t15-/m0/s1. The van der Waals surface area contributed by atoms with Crippen molar-refractivity contribution in [2.45, 2.75) is 25.3 Å². The van der Waals surface area contributed by atoms with Crippen molar-refractivity contribution in [1.82, 2.24) is 15.1 Å². The van der Waals surface area contributed by atoms with Crippen LogP contribution in [0.2, 0.25) is 0 Å². The van der Waals surface area contributed by atoms with E-state index >= 15 is 0 Å². The van der Waals surface area contributed by atoms with E-state index in [4.69, 9.17) is 15.9 Å². The molecule has 1 aromatic carbocycles. The first-order valence-electron chi connectivity index (χ1n) is 9.82. The maximum Gasteiger partial charge on any atom is 0.323 e. The highest BCUT2D eigenvalue weighted by Crippen LogP contribution is 2.15. The topological polar surface area (TPSA) is 170 Å². The molecule has 1 atom stereocenters. The van der Waals surface area contributed by atoms with Gasteiger partial charge in [-0.15, -0.1) is 0 Å². The third-order valence-electron chi connectivity index (χ3n) is 4.88. The highest BCUT2D eigenvalue weighted by atomic mass is 16.4. The smallest absolute Gasteiger partial charge is 0.323 e. The molecule has 1 fully saturated rings. The summed E-state index contributed by atoms with van der Waals surface area (Å²) >= 11 is 0. The van der Waals surface area contributed by atoms with E-state index in [1.165, 1.54) is 0 Å². The lowest BCUT2D eigenvalue weighted by atomic mass is 10.1. The van der Waals surface area contributed by atoms with Crippen LogP contribution in [0, 0.1) is 0 Å².